The highest BCUT2D eigenvalue weighted by Crippen LogP contribution is 2.36. The number of rotatable bonds is 7. The summed E-state index contributed by atoms with van der Waals surface area (Å²) in [5.41, 5.74) is 3.86. The number of nitrogens with zero attached hydrogens (tertiary/aromatic N) is 2. The number of aromatic amines is 1. The molecule has 5 rings (SSSR count). The van der Waals surface area contributed by atoms with Gasteiger partial charge in [-0.25, -0.2) is 4.99 Å². The van der Waals surface area contributed by atoms with Crippen molar-refractivity contribution in [3.05, 3.63) is 87.5 Å². The van der Waals surface area contributed by atoms with Crippen LogP contribution in [0, 0.1) is 10.1 Å². The van der Waals surface area contributed by atoms with Gasteiger partial charge in [0.15, 0.2) is 17.4 Å². The van der Waals surface area contributed by atoms with Crippen LogP contribution < -0.4 is 14.8 Å². The summed E-state index contributed by atoms with van der Waals surface area (Å²) in [6, 6.07) is 17.8. The van der Waals surface area contributed by atoms with E-state index in [0.29, 0.717) is 58.1 Å². The molecular weight excluding hydrogens is 448 g/mol. The molecule has 0 bridgehead atoms. The van der Waals surface area contributed by atoms with E-state index in [-0.39, 0.29) is 11.6 Å². The Morgan fingerprint density at radius 1 is 1.09 bits per heavy atom. The lowest BCUT2D eigenvalue weighted by Gasteiger charge is -2.19. The van der Waals surface area contributed by atoms with Crippen LogP contribution >= 0.6 is 0 Å². The van der Waals surface area contributed by atoms with Crippen molar-refractivity contribution in [1.29, 1.82) is 0 Å². The molecule has 3 N–H and O–H groups in total. The second-order valence-corrected chi connectivity index (χ2v) is 8.10. The maximum Gasteiger partial charge on any atom is 0.271 e. The zero-order valence-corrected chi connectivity index (χ0v) is 19.1. The minimum absolute atomic E-state index is 0.0700. The van der Waals surface area contributed by atoms with E-state index in [4.69, 9.17) is 14.5 Å². The monoisotopic (exact) mass is 472 g/mol. The molecular formula is C26H24N4O5. The lowest BCUT2D eigenvalue weighted by atomic mass is 10.00. The van der Waals surface area contributed by atoms with Gasteiger partial charge in [0, 0.05) is 29.6 Å². The van der Waals surface area contributed by atoms with Gasteiger partial charge < -0.3 is 24.9 Å². The van der Waals surface area contributed by atoms with Crippen LogP contribution in [0.5, 0.6) is 17.4 Å². The van der Waals surface area contributed by atoms with Crippen LogP contribution in [0.1, 0.15) is 23.6 Å². The minimum atomic E-state index is -0.470. The Morgan fingerprint density at radius 3 is 2.60 bits per heavy atom. The van der Waals surface area contributed by atoms with Crippen LogP contribution in [0.25, 0.3) is 10.9 Å². The van der Waals surface area contributed by atoms with Crippen molar-refractivity contribution in [2.24, 2.45) is 4.99 Å². The Kier molecular flexibility index (Phi) is 6.07. The van der Waals surface area contributed by atoms with E-state index in [0.717, 1.165) is 18.7 Å². The van der Waals surface area contributed by atoms with E-state index < -0.39 is 4.92 Å². The molecule has 1 aromatic heterocycles. The molecule has 3 aromatic carbocycles. The van der Waals surface area contributed by atoms with Crippen molar-refractivity contribution >= 4 is 28.0 Å². The summed E-state index contributed by atoms with van der Waals surface area (Å²) in [5.74, 6) is 1.11. The fraction of sp³-hybridized carbons (Fsp3) is 0.192. The fourth-order valence-electron chi connectivity index (χ4n) is 4.07. The van der Waals surface area contributed by atoms with Gasteiger partial charge in [-0.05, 0) is 48.5 Å². The number of nitrogens with one attached hydrogen (secondary N) is 2. The van der Waals surface area contributed by atoms with Crippen molar-refractivity contribution in [2.75, 3.05) is 19.8 Å². The molecule has 0 unspecified atom stereocenters. The molecule has 178 valence electrons. The van der Waals surface area contributed by atoms with Gasteiger partial charge >= 0.3 is 0 Å². The van der Waals surface area contributed by atoms with Crippen molar-refractivity contribution in [1.82, 2.24) is 10.3 Å². The number of H-pyrrole nitrogens is 1. The second kappa shape index (κ2) is 9.47. The summed E-state index contributed by atoms with van der Waals surface area (Å²) in [6.07, 6.45) is 0. The number of aliphatic imine (C=N–C) groups is 1. The molecule has 0 aliphatic carbocycles. The third-order valence-electron chi connectivity index (χ3n) is 5.78. The molecule has 2 heterocycles. The molecule has 9 heteroatoms. The van der Waals surface area contributed by atoms with Gasteiger partial charge in [-0.2, -0.15) is 0 Å². The molecule has 0 saturated heterocycles. The van der Waals surface area contributed by atoms with Crippen molar-refractivity contribution in [3.8, 4) is 17.4 Å². The number of non-ortho nitro benzene ring substituents is 1. The third-order valence-corrected chi connectivity index (χ3v) is 5.78. The summed E-state index contributed by atoms with van der Waals surface area (Å²) >= 11 is 0. The van der Waals surface area contributed by atoms with Crippen LogP contribution in [0.4, 0.5) is 11.4 Å². The highest BCUT2D eigenvalue weighted by atomic mass is 16.6. The molecule has 35 heavy (non-hydrogen) atoms. The number of nitro groups is 1. The predicted molar refractivity (Wildman–Crippen MR) is 133 cm³/mol. The second-order valence-electron chi connectivity index (χ2n) is 8.10. The summed E-state index contributed by atoms with van der Waals surface area (Å²) in [4.78, 5) is 18.5. The molecule has 1 aliphatic heterocycles. The van der Waals surface area contributed by atoms with E-state index in [1.54, 1.807) is 6.07 Å². The van der Waals surface area contributed by atoms with Crippen molar-refractivity contribution in [2.45, 2.75) is 13.5 Å². The zero-order valence-electron chi connectivity index (χ0n) is 19.1. The van der Waals surface area contributed by atoms with Gasteiger partial charge in [0.1, 0.15) is 13.2 Å². The lowest BCUT2D eigenvalue weighted by molar-refractivity contribution is -0.384. The number of hydrogen-bond donors (Lipinski definition) is 3. The Hall–Kier alpha value is -4.37. The van der Waals surface area contributed by atoms with Gasteiger partial charge in [0.05, 0.1) is 27.4 Å². The number of aromatic hydroxyl groups is 1. The van der Waals surface area contributed by atoms with E-state index in [9.17, 15) is 15.2 Å². The largest absolute Gasteiger partial charge is 0.494 e. The molecule has 0 atom stereocenters. The standard InChI is InChI=1S/C26H24N4O5/c1-2-27-15-16-3-6-18(7-4-16)28-25(17-5-10-22-23(13-17)35-12-11-34-22)24-20-9-8-19(30(32)33)14-21(20)29-26(24)31/h3-10,13-14,27,29,31H,2,11-12,15H2,1H3. The molecule has 4 aromatic rings. The Labute approximate surface area is 201 Å². The molecule has 0 saturated carbocycles. The Bertz CT molecular complexity index is 1430. The van der Waals surface area contributed by atoms with Gasteiger partial charge in [-0.1, -0.05) is 19.1 Å². The Morgan fingerprint density at radius 2 is 1.86 bits per heavy atom. The van der Waals surface area contributed by atoms with Crippen molar-refractivity contribution < 1.29 is 19.5 Å². The van der Waals surface area contributed by atoms with Crippen LogP contribution in [0.3, 0.4) is 0 Å². The maximum atomic E-state index is 11.2. The third kappa shape index (κ3) is 4.53. The molecule has 0 amide bonds. The lowest BCUT2D eigenvalue weighted by Crippen LogP contribution is -2.16. The first-order valence-electron chi connectivity index (χ1n) is 11.3. The number of nitro benzene ring substituents is 1. The predicted octanol–water partition coefficient (Wildman–Crippen LogP) is 4.83. The van der Waals surface area contributed by atoms with Crippen LogP contribution in [-0.2, 0) is 6.54 Å². The highest BCUT2D eigenvalue weighted by molar-refractivity contribution is 6.22. The van der Waals surface area contributed by atoms with Gasteiger partial charge in [0.25, 0.3) is 5.69 Å². The zero-order chi connectivity index (χ0) is 24.4. The molecule has 9 nitrogen and oxygen atoms in total. The normalized spacial score (nSPS) is 13.2. The topological polar surface area (TPSA) is 122 Å². The maximum absolute atomic E-state index is 11.2. The molecule has 0 spiro atoms. The number of ether oxygens (including phenoxy) is 2. The Balaban J connectivity index is 1.65. The molecule has 0 radical (unpaired) electrons. The first kappa shape index (κ1) is 22.4. The highest BCUT2D eigenvalue weighted by Gasteiger charge is 2.22. The fourth-order valence-corrected chi connectivity index (χ4v) is 4.07. The number of hydrogen-bond acceptors (Lipinski definition) is 7. The van der Waals surface area contributed by atoms with Crippen LogP contribution in [0.2, 0.25) is 0 Å². The molecule has 1 aliphatic rings. The summed E-state index contributed by atoms with van der Waals surface area (Å²) in [6.45, 7) is 4.62. The number of benzene rings is 3. The van der Waals surface area contributed by atoms with Gasteiger partial charge in [0.2, 0.25) is 0 Å². The summed E-state index contributed by atoms with van der Waals surface area (Å²) < 4.78 is 11.4. The van der Waals surface area contributed by atoms with E-state index >= 15 is 0 Å². The summed E-state index contributed by atoms with van der Waals surface area (Å²) in [5, 5.41) is 26.0. The first-order chi connectivity index (χ1) is 17.0. The van der Waals surface area contributed by atoms with Crippen molar-refractivity contribution in [3.63, 3.8) is 0 Å². The average molecular weight is 473 g/mol. The first-order valence-corrected chi connectivity index (χ1v) is 11.3. The SMILES string of the molecule is CCNCc1ccc(N=C(c2ccc3c(c2)OCCO3)c2c(O)[nH]c3cc([N+](=O)[O-])ccc23)cc1. The van der Waals surface area contributed by atoms with E-state index in [1.165, 1.54) is 12.1 Å². The minimum Gasteiger partial charge on any atom is -0.494 e. The quantitative estimate of drug-likeness (QED) is 0.201. The summed E-state index contributed by atoms with van der Waals surface area (Å²) in [7, 11) is 0. The van der Waals surface area contributed by atoms with Crippen LogP contribution in [0.15, 0.2) is 65.7 Å². The van der Waals surface area contributed by atoms with Gasteiger partial charge in [-0.3, -0.25) is 10.1 Å². The number of aromatic nitrogens is 1. The van der Waals surface area contributed by atoms with E-state index in [1.807, 2.05) is 42.5 Å². The van der Waals surface area contributed by atoms with Crippen LogP contribution in [-0.4, -0.2) is 40.5 Å². The number of fused-ring (bicyclic) bond motifs is 2. The smallest absolute Gasteiger partial charge is 0.271 e. The molecule has 0 fully saturated rings. The van der Waals surface area contributed by atoms with Gasteiger partial charge in [-0.15, -0.1) is 0 Å². The van der Waals surface area contributed by atoms with E-state index in [2.05, 4.69) is 17.2 Å². The average Bonchev–Trinajstić information content (AvgIpc) is 3.21.